The van der Waals surface area contributed by atoms with Gasteiger partial charge in [0.2, 0.25) is 0 Å². The summed E-state index contributed by atoms with van der Waals surface area (Å²) in [5.41, 5.74) is 1.66. The van der Waals surface area contributed by atoms with Crippen molar-refractivity contribution in [2.24, 2.45) is 0 Å². The Balaban J connectivity index is 1.76. The van der Waals surface area contributed by atoms with Gasteiger partial charge in [0.05, 0.1) is 26.4 Å². The summed E-state index contributed by atoms with van der Waals surface area (Å²) < 4.78 is 18.1. The van der Waals surface area contributed by atoms with Gasteiger partial charge in [-0.3, -0.25) is 4.79 Å². The van der Waals surface area contributed by atoms with Gasteiger partial charge in [-0.1, -0.05) is 28.1 Å². The van der Waals surface area contributed by atoms with Crippen LogP contribution in [0.15, 0.2) is 46.9 Å². The fraction of sp³-hybridized carbons (Fsp3) is 0.381. The van der Waals surface area contributed by atoms with E-state index >= 15 is 0 Å². The molecule has 144 valence electrons. The van der Waals surface area contributed by atoms with E-state index in [-0.39, 0.29) is 12.0 Å². The number of rotatable bonds is 6. The third-order valence-electron chi connectivity index (χ3n) is 4.39. The number of ether oxygens (including phenoxy) is 3. The molecule has 0 aliphatic carbocycles. The van der Waals surface area contributed by atoms with Crippen LogP contribution in [0, 0.1) is 0 Å². The molecule has 0 radical (unpaired) electrons. The van der Waals surface area contributed by atoms with E-state index in [1.807, 2.05) is 43.0 Å². The maximum atomic E-state index is 13.0. The first-order valence-electron chi connectivity index (χ1n) is 9.18. The lowest BCUT2D eigenvalue weighted by molar-refractivity contribution is -0.0228. The lowest BCUT2D eigenvalue weighted by Crippen LogP contribution is -2.42. The minimum atomic E-state index is -0.120. The fourth-order valence-electron chi connectivity index (χ4n) is 3.08. The summed E-state index contributed by atoms with van der Waals surface area (Å²) in [6.45, 7) is 6.51. The number of morpholine rings is 1. The molecule has 1 atom stereocenters. The molecular formula is C21H24BrNO4. The molecule has 1 unspecified atom stereocenters. The van der Waals surface area contributed by atoms with Gasteiger partial charge in [-0.25, -0.2) is 0 Å². The van der Waals surface area contributed by atoms with E-state index in [0.717, 1.165) is 10.0 Å². The molecule has 0 saturated carbocycles. The summed E-state index contributed by atoms with van der Waals surface area (Å²) >= 11 is 3.44. The molecule has 1 heterocycles. The second kappa shape index (κ2) is 9.24. The van der Waals surface area contributed by atoms with Crippen LogP contribution in [0.3, 0.4) is 0 Å². The third-order valence-corrected chi connectivity index (χ3v) is 4.91. The Morgan fingerprint density at radius 3 is 2.52 bits per heavy atom. The van der Waals surface area contributed by atoms with Gasteiger partial charge in [0, 0.05) is 16.6 Å². The lowest BCUT2D eigenvalue weighted by atomic mass is 10.1. The van der Waals surface area contributed by atoms with Crippen molar-refractivity contribution in [2.45, 2.75) is 20.0 Å². The van der Waals surface area contributed by atoms with Crippen molar-refractivity contribution in [1.82, 2.24) is 4.90 Å². The standard InChI is InChI=1S/C21H24BrNO4/c1-3-25-18-10-7-16(13-19(18)26-4-2)21(24)23-11-12-27-20(14-23)15-5-8-17(22)9-6-15/h5-10,13,20H,3-4,11-12,14H2,1-2H3. The first kappa shape index (κ1) is 19.7. The summed E-state index contributed by atoms with van der Waals surface area (Å²) in [6.07, 6.45) is -0.120. The highest BCUT2D eigenvalue weighted by atomic mass is 79.9. The predicted molar refractivity (Wildman–Crippen MR) is 108 cm³/mol. The molecule has 1 saturated heterocycles. The van der Waals surface area contributed by atoms with Crippen molar-refractivity contribution in [3.8, 4) is 11.5 Å². The van der Waals surface area contributed by atoms with Crippen LogP contribution >= 0.6 is 15.9 Å². The highest BCUT2D eigenvalue weighted by Crippen LogP contribution is 2.30. The van der Waals surface area contributed by atoms with E-state index in [4.69, 9.17) is 14.2 Å². The highest BCUT2D eigenvalue weighted by molar-refractivity contribution is 9.10. The SMILES string of the molecule is CCOc1ccc(C(=O)N2CCOC(c3ccc(Br)cc3)C2)cc1OCC. The Hall–Kier alpha value is -2.05. The summed E-state index contributed by atoms with van der Waals surface area (Å²) in [5.74, 6) is 1.23. The summed E-state index contributed by atoms with van der Waals surface area (Å²) in [4.78, 5) is 14.9. The van der Waals surface area contributed by atoms with Gasteiger partial charge >= 0.3 is 0 Å². The van der Waals surface area contributed by atoms with Crippen LogP contribution < -0.4 is 9.47 Å². The molecular weight excluding hydrogens is 410 g/mol. The van der Waals surface area contributed by atoms with Gasteiger partial charge in [-0.15, -0.1) is 0 Å². The summed E-state index contributed by atoms with van der Waals surface area (Å²) in [5, 5.41) is 0. The van der Waals surface area contributed by atoms with E-state index < -0.39 is 0 Å². The minimum Gasteiger partial charge on any atom is -0.490 e. The Morgan fingerprint density at radius 2 is 1.81 bits per heavy atom. The van der Waals surface area contributed by atoms with Crippen LogP contribution in [-0.2, 0) is 4.74 Å². The van der Waals surface area contributed by atoms with Crippen LogP contribution in [0.25, 0.3) is 0 Å². The first-order chi connectivity index (χ1) is 13.1. The monoisotopic (exact) mass is 433 g/mol. The van der Waals surface area contributed by atoms with Crippen LogP contribution in [0.4, 0.5) is 0 Å². The van der Waals surface area contributed by atoms with E-state index in [1.165, 1.54) is 0 Å². The Bertz CT molecular complexity index is 778. The maximum Gasteiger partial charge on any atom is 0.254 e. The normalized spacial score (nSPS) is 16.9. The Morgan fingerprint density at radius 1 is 1.11 bits per heavy atom. The molecule has 1 fully saturated rings. The number of hydrogen-bond donors (Lipinski definition) is 0. The average molecular weight is 434 g/mol. The van der Waals surface area contributed by atoms with E-state index in [9.17, 15) is 4.79 Å². The molecule has 1 aliphatic rings. The Kier molecular flexibility index (Phi) is 6.74. The predicted octanol–water partition coefficient (Wildman–Crippen LogP) is 4.46. The number of amides is 1. The molecule has 1 amide bonds. The molecule has 2 aromatic carbocycles. The topological polar surface area (TPSA) is 48.0 Å². The van der Waals surface area contributed by atoms with Crippen LogP contribution in [0.2, 0.25) is 0 Å². The second-order valence-electron chi connectivity index (χ2n) is 6.19. The smallest absolute Gasteiger partial charge is 0.254 e. The number of hydrogen-bond acceptors (Lipinski definition) is 4. The molecule has 27 heavy (non-hydrogen) atoms. The summed E-state index contributed by atoms with van der Waals surface area (Å²) in [6, 6.07) is 13.4. The number of benzene rings is 2. The van der Waals surface area contributed by atoms with Crippen molar-refractivity contribution in [2.75, 3.05) is 32.9 Å². The van der Waals surface area contributed by atoms with Crippen molar-refractivity contribution in [1.29, 1.82) is 0 Å². The summed E-state index contributed by atoms with van der Waals surface area (Å²) in [7, 11) is 0. The molecule has 5 nitrogen and oxygen atoms in total. The fourth-order valence-corrected chi connectivity index (χ4v) is 3.34. The number of carbonyl (C=O) groups is 1. The molecule has 0 spiro atoms. The number of carbonyl (C=O) groups excluding carboxylic acids is 1. The van der Waals surface area contributed by atoms with Gasteiger partial charge in [0.25, 0.3) is 5.91 Å². The van der Waals surface area contributed by atoms with E-state index in [0.29, 0.717) is 50.0 Å². The zero-order valence-corrected chi connectivity index (χ0v) is 17.2. The van der Waals surface area contributed by atoms with Gasteiger partial charge in [-0.05, 0) is 49.7 Å². The second-order valence-corrected chi connectivity index (χ2v) is 7.11. The van der Waals surface area contributed by atoms with Crippen LogP contribution in [0.5, 0.6) is 11.5 Å². The van der Waals surface area contributed by atoms with Gasteiger partial charge in [0.1, 0.15) is 6.10 Å². The lowest BCUT2D eigenvalue weighted by Gasteiger charge is -2.33. The average Bonchev–Trinajstić information content (AvgIpc) is 2.70. The zero-order chi connectivity index (χ0) is 19.2. The van der Waals surface area contributed by atoms with Crippen LogP contribution in [-0.4, -0.2) is 43.7 Å². The highest BCUT2D eigenvalue weighted by Gasteiger charge is 2.26. The van der Waals surface area contributed by atoms with Gasteiger partial charge in [-0.2, -0.15) is 0 Å². The Labute approximate surface area is 168 Å². The maximum absolute atomic E-state index is 13.0. The van der Waals surface area contributed by atoms with Gasteiger partial charge < -0.3 is 19.1 Å². The van der Waals surface area contributed by atoms with Crippen molar-refractivity contribution in [3.63, 3.8) is 0 Å². The minimum absolute atomic E-state index is 0.0237. The van der Waals surface area contributed by atoms with E-state index in [2.05, 4.69) is 15.9 Å². The molecule has 0 aromatic heterocycles. The molecule has 2 aromatic rings. The quantitative estimate of drug-likeness (QED) is 0.674. The molecule has 0 bridgehead atoms. The molecule has 3 rings (SSSR count). The van der Waals surface area contributed by atoms with Crippen LogP contribution in [0.1, 0.15) is 35.9 Å². The molecule has 1 aliphatic heterocycles. The van der Waals surface area contributed by atoms with Gasteiger partial charge in [0.15, 0.2) is 11.5 Å². The van der Waals surface area contributed by atoms with E-state index in [1.54, 1.807) is 18.2 Å². The third kappa shape index (κ3) is 4.82. The number of halogens is 1. The first-order valence-corrected chi connectivity index (χ1v) is 9.97. The van der Waals surface area contributed by atoms with Crippen molar-refractivity contribution >= 4 is 21.8 Å². The number of nitrogens with zero attached hydrogens (tertiary/aromatic N) is 1. The molecule has 0 N–H and O–H groups in total. The van der Waals surface area contributed by atoms with Crippen molar-refractivity contribution < 1.29 is 19.0 Å². The molecule has 6 heteroatoms. The zero-order valence-electron chi connectivity index (χ0n) is 15.6. The van der Waals surface area contributed by atoms with Crippen molar-refractivity contribution in [3.05, 3.63) is 58.1 Å². The largest absolute Gasteiger partial charge is 0.490 e.